The van der Waals surface area contributed by atoms with E-state index in [1.54, 1.807) is 6.92 Å². The van der Waals surface area contributed by atoms with Crippen molar-refractivity contribution in [2.75, 3.05) is 6.61 Å². The topological polar surface area (TPSA) is 26.3 Å². The Morgan fingerprint density at radius 2 is 2.06 bits per heavy atom. The molecule has 2 rings (SSSR count). The van der Waals surface area contributed by atoms with Crippen molar-refractivity contribution < 1.29 is 9.53 Å². The minimum absolute atomic E-state index is 0.301. The largest absolute Gasteiger partial charge is 0.480 e. The molecule has 0 aliphatic rings. The maximum Gasteiger partial charge on any atom is 0.154 e. The first-order valence-electron chi connectivity index (χ1n) is 5.36. The number of fused-ring (bicyclic) bond motifs is 1. The van der Waals surface area contributed by atoms with E-state index in [0.717, 1.165) is 17.1 Å². The number of benzene rings is 2. The number of ether oxygens (including phenoxy) is 1. The second-order valence-corrected chi connectivity index (χ2v) is 3.53. The first-order chi connectivity index (χ1) is 8.36. The lowest BCUT2D eigenvalue weighted by Crippen LogP contribution is -1.98. The third-order valence-electron chi connectivity index (χ3n) is 2.53. The van der Waals surface area contributed by atoms with E-state index in [4.69, 9.17) is 4.74 Å². The van der Waals surface area contributed by atoms with Gasteiger partial charge < -0.3 is 4.74 Å². The first kappa shape index (κ1) is 11.2. The van der Waals surface area contributed by atoms with Gasteiger partial charge in [0.2, 0.25) is 0 Å². The molecule has 0 aliphatic carbocycles. The molecular formula is C15H12O2. The van der Waals surface area contributed by atoms with E-state index in [0.29, 0.717) is 17.9 Å². The zero-order chi connectivity index (χ0) is 12.1. The van der Waals surface area contributed by atoms with Gasteiger partial charge in [-0.3, -0.25) is 4.79 Å². The van der Waals surface area contributed by atoms with Crippen LogP contribution in [0.5, 0.6) is 5.75 Å². The fraction of sp³-hybridized carbons (Fsp3) is 0.133. The average Bonchev–Trinajstić information content (AvgIpc) is 2.38. The van der Waals surface area contributed by atoms with Crippen LogP contribution in [0.15, 0.2) is 36.4 Å². The van der Waals surface area contributed by atoms with Gasteiger partial charge in [0.1, 0.15) is 12.4 Å². The van der Waals surface area contributed by atoms with Crippen LogP contribution in [-0.2, 0) is 0 Å². The molecule has 2 nitrogen and oxygen atoms in total. The van der Waals surface area contributed by atoms with Crippen molar-refractivity contribution in [3.8, 4) is 17.6 Å². The maximum absolute atomic E-state index is 11.2. The Hall–Kier alpha value is -2.27. The van der Waals surface area contributed by atoms with Crippen LogP contribution in [0.25, 0.3) is 10.8 Å². The van der Waals surface area contributed by atoms with Crippen LogP contribution >= 0.6 is 0 Å². The van der Waals surface area contributed by atoms with Crippen molar-refractivity contribution in [1.82, 2.24) is 0 Å². The highest BCUT2D eigenvalue weighted by Crippen LogP contribution is 2.26. The minimum Gasteiger partial charge on any atom is -0.480 e. The molecule has 0 fully saturated rings. The van der Waals surface area contributed by atoms with E-state index in [1.165, 1.54) is 0 Å². The SMILES string of the molecule is CC#CCOc1ccc2ccccc2c1C=O. The molecule has 0 radical (unpaired) electrons. The predicted octanol–water partition coefficient (Wildman–Crippen LogP) is 3.05. The lowest BCUT2D eigenvalue weighted by atomic mass is 10.0. The van der Waals surface area contributed by atoms with E-state index in [1.807, 2.05) is 36.4 Å². The summed E-state index contributed by atoms with van der Waals surface area (Å²) in [5.41, 5.74) is 0.584. The molecule has 0 aliphatic heterocycles. The highest BCUT2D eigenvalue weighted by atomic mass is 16.5. The Kier molecular flexibility index (Phi) is 3.42. The smallest absolute Gasteiger partial charge is 0.154 e. The maximum atomic E-state index is 11.2. The number of carbonyl (C=O) groups excluding carboxylic acids is 1. The Labute approximate surface area is 100 Å². The van der Waals surface area contributed by atoms with Crippen molar-refractivity contribution in [2.45, 2.75) is 6.92 Å². The molecule has 2 heteroatoms. The number of rotatable bonds is 3. The van der Waals surface area contributed by atoms with Gasteiger partial charge >= 0.3 is 0 Å². The van der Waals surface area contributed by atoms with Gasteiger partial charge in [-0.15, -0.1) is 5.92 Å². The van der Waals surface area contributed by atoms with Gasteiger partial charge in [0.05, 0.1) is 5.56 Å². The lowest BCUT2D eigenvalue weighted by Gasteiger charge is -2.08. The molecule has 0 amide bonds. The molecule has 2 aromatic rings. The number of aldehydes is 1. The molecule has 0 saturated heterocycles. The molecule has 2 aromatic carbocycles. The molecule has 84 valence electrons. The third kappa shape index (κ3) is 2.29. The molecule has 0 heterocycles. The second kappa shape index (κ2) is 5.18. The summed E-state index contributed by atoms with van der Waals surface area (Å²) in [6, 6.07) is 11.5. The normalized spacial score (nSPS) is 9.47. The monoisotopic (exact) mass is 224 g/mol. The number of carbonyl (C=O) groups is 1. The van der Waals surface area contributed by atoms with Gasteiger partial charge in [0.25, 0.3) is 0 Å². The zero-order valence-electron chi connectivity index (χ0n) is 9.57. The van der Waals surface area contributed by atoms with Crippen molar-refractivity contribution in [1.29, 1.82) is 0 Å². The first-order valence-corrected chi connectivity index (χ1v) is 5.36. The molecule has 0 bridgehead atoms. The molecule has 0 N–H and O–H groups in total. The Bertz CT molecular complexity index is 603. The zero-order valence-corrected chi connectivity index (χ0v) is 9.57. The van der Waals surface area contributed by atoms with Gasteiger partial charge in [-0.2, -0.15) is 0 Å². The summed E-state index contributed by atoms with van der Waals surface area (Å²) in [6.45, 7) is 2.06. The van der Waals surface area contributed by atoms with Crippen molar-refractivity contribution >= 4 is 17.1 Å². The fourth-order valence-electron chi connectivity index (χ4n) is 1.71. The van der Waals surface area contributed by atoms with E-state index >= 15 is 0 Å². The molecule has 17 heavy (non-hydrogen) atoms. The van der Waals surface area contributed by atoms with Gasteiger partial charge in [-0.25, -0.2) is 0 Å². The molecular weight excluding hydrogens is 212 g/mol. The Morgan fingerprint density at radius 3 is 2.82 bits per heavy atom. The van der Waals surface area contributed by atoms with Crippen molar-refractivity contribution in [2.24, 2.45) is 0 Å². The van der Waals surface area contributed by atoms with Gasteiger partial charge in [0, 0.05) is 0 Å². The summed E-state index contributed by atoms with van der Waals surface area (Å²) in [5.74, 6) is 6.14. The average molecular weight is 224 g/mol. The summed E-state index contributed by atoms with van der Waals surface area (Å²) >= 11 is 0. The fourth-order valence-corrected chi connectivity index (χ4v) is 1.71. The van der Waals surface area contributed by atoms with Gasteiger partial charge in [0.15, 0.2) is 6.29 Å². The van der Waals surface area contributed by atoms with E-state index in [9.17, 15) is 4.79 Å². The molecule has 0 aromatic heterocycles. The van der Waals surface area contributed by atoms with E-state index < -0.39 is 0 Å². The summed E-state index contributed by atoms with van der Waals surface area (Å²) in [6.07, 6.45) is 0.830. The second-order valence-electron chi connectivity index (χ2n) is 3.53. The van der Waals surface area contributed by atoms with E-state index in [2.05, 4.69) is 11.8 Å². The lowest BCUT2D eigenvalue weighted by molar-refractivity contribution is 0.112. The van der Waals surface area contributed by atoms with Crippen LogP contribution in [0.3, 0.4) is 0 Å². The standard InChI is InChI=1S/C15H12O2/c1-2-3-10-17-15-9-8-12-6-4-5-7-13(12)14(15)11-16/h4-9,11H,10H2,1H3. The molecule has 0 saturated carbocycles. The van der Waals surface area contributed by atoms with Crippen LogP contribution in [0.4, 0.5) is 0 Å². The Balaban J connectivity index is 2.48. The number of hydrogen-bond donors (Lipinski definition) is 0. The highest BCUT2D eigenvalue weighted by molar-refractivity contribution is 6.00. The van der Waals surface area contributed by atoms with Crippen LogP contribution in [0, 0.1) is 11.8 Å². The van der Waals surface area contributed by atoms with Crippen molar-refractivity contribution in [3.63, 3.8) is 0 Å². The van der Waals surface area contributed by atoms with Gasteiger partial charge in [-0.1, -0.05) is 36.3 Å². The number of hydrogen-bond acceptors (Lipinski definition) is 2. The summed E-state index contributed by atoms with van der Waals surface area (Å²) in [4.78, 5) is 11.2. The Morgan fingerprint density at radius 1 is 1.24 bits per heavy atom. The molecule has 0 spiro atoms. The van der Waals surface area contributed by atoms with Crippen LogP contribution in [-0.4, -0.2) is 12.9 Å². The molecule has 0 atom stereocenters. The minimum atomic E-state index is 0.301. The summed E-state index contributed by atoms with van der Waals surface area (Å²) < 4.78 is 5.47. The van der Waals surface area contributed by atoms with Crippen LogP contribution < -0.4 is 4.74 Å². The predicted molar refractivity (Wildman–Crippen MR) is 68.3 cm³/mol. The van der Waals surface area contributed by atoms with E-state index in [-0.39, 0.29) is 0 Å². The van der Waals surface area contributed by atoms with Crippen LogP contribution in [0.1, 0.15) is 17.3 Å². The summed E-state index contributed by atoms with van der Waals surface area (Å²) in [5, 5.41) is 1.94. The van der Waals surface area contributed by atoms with Crippen LogP contribution in [0.2, 0.25) is 0 Å². The van der Waals surface area contributed by atoms with Crippen molar-refractivity contribution in [3.05, 3.63) is 42.0 Å². The summed E-state index contributed by atoms with van der Waals surface area (Å²) in [7, 11) is 0. The highest BCUT2D eigenvalue weighted by Gasteiger charge is 2.06. The molecule has 0 unspecified atom stereocenters. The third-order valence-corrected chi connectivity index (χ3v) is 2.53. The van der Waals surface area contributed by atoms with Gasteiger partial charge in [-0.05, 0) is 23.8 Å². The quantitative estimate of drug-likeness (QED) is 0.591.